The zero-order valence-electron chi connectivity index (χ0n) is 13.0. The quantitative estimate of drug-likeness (QED) is 0.514. The van der Waals surface area contributed by atoms with Crippen LogP contribution < -0.4 is 5.32 Å². The van der Waals surface area contributed by atoms with Gasteiger partial charge in [-0.15, -0.1) is 0 Å². The molecule has 128 valence electrons. The van der Waals surface area contributed by atoms with Crippen molar-refractivity contribution in [2.75, 3.05) is 11.9 Å². The van der Waals surface area contributed by atoms with Crippen LogP contribution in [-0.2, 0) is 0 Å². The Balaban J connectivity index is 2.20. The molecule has 0 amide bonds. The summed E-state index contributed by atoms with van der Waals surface area (Å²) in [6.07, 6.45) is 3.00. The van der Waals surface area contributed by atoms with Gasteiger partial charge in [-0.3, -0.25) is 0 Å². The SMILES string of the molecule is C=C/C(=C\S)CNc1sc(C2=CC=C(C(F)(F)F)C=CC2)nc1C. The lowest BCUT2D eigenvalue weighted by atomic mass is 10.2. The highest BCUT2D eigenvalue weighted by atomic mass is 32.1. The minimum atomic E-state index is -4.34. The molecule has 0 bridgehead atoms. The molecule has 2 nitrogen and oxygen atoms in total. The van der Waals surface area contributed by atoms with Crippen molar-refractivity contribution >= 4 is 34.5 Å². The number of anilines is 1. The normalized spacial score (nSPS) is 15.6. The number of aromatic nitrogens is 1. The van der Waals surface area contributed by atoms with Crippen LogP contribution in [0, 0.1) is 6.92 Å². The van der Waals surface area contributed by atoms with Crippen LogP contribution in [0.25, 0.3) is 5.57 Å². The van der Waals surface area contributed by atoms with Crippen LogP contribution in [0.2, 0.25) is 0 Å². The molecule has 0 saturated carbocycles. The number of rotatable bonds is 5. The van der Waals surface area contributed by atoms with E-state index in [0.717, 1.165) is 34.0 Å². The first-order valence-electron chi connectivity index (χ1n) is 7.17. The fourth-order valence-electron chi connectivity index (χ4n) is 2.03. The number of hydrogen-bond donors (Lipinski definition) is 2. The maximum atomic E-state index is 12.8. The summed E-state index contributed by atoms with van der Waals surface area (Å²) >= 11 is 5.52. The molecule has 0 atom stereocenters. The van der Waals surface area contributed by atoms with Gasteiger partial charge in [0.05, 0.1) is 11.3 Å². The topological polar surface area (TPSA) is 24.9 Å². The molecule has 24 heavy (non-hydrogen) atoms. The molecular weight excluding hydrogens is 353 g/mol. The first kappa shape index (κ1) is 18.6. The van der Waals surface area contributed by atoms with Crippen molar-refractivity contribution in [2.45, 2.75) is 19.5 Å². The van der Waals surface area contributed by atoms with Crippen LogP contribution in [-0.4, -0.2) is 17.7 Å². The second-order valence-electron chi connectivity index (χ2n) is 5.11. The summed E-state index contributed by atoms with van der Waals surface area (Å²) in [5, 5.41) is 6.52. The van der Waals surface area contributed by atoms with Crippen molar-refractivity contribution in [2.24, 2.45) is 0 Å². The van der Waals surface area contributed by atoms with Crippen molar-refractivity contribution in [1.82, 2.24) is 4.98 Å². The molecule has 0 fully saturated rings. The Bertz CT molecular complexity index is 738. The number of allylic oxidation sites excluding steroid dienone is 6. The van der Waals surface area contributed by atoms with Gasteiger partial charge in [-0.05, 0) is 36.0 Å². The molecule has 1 aromatic rings. The molecule has 0 aliphatic heterocycles. The van der Waals surface area contributed by atoms with E-state index in [9.17, 15) is 13.2 Å². The number of aryl methyl sites for hydroxylation is 1. The first-order valence-corrected chi connectivity index (χ1v) is 8.50. The fourth-order valence-corrected chi connectivity index (χ4v) is 3.22. The van der Waals surface area contributed by atoms with Gasteiger partial charge in [-0.25, -0.2) is 4.98 Å². The molecule has 1 aliphatic rings. The second-order valence-corrected chi connectivity index (χ2v) is 6.37. The number of nitrogens with one attached hydrogen (secondary N) is 1. The number of thiol groups is 1. The third-order valence-electron chi connectivity index (χ3n) is 3.38. The molecule has 1 aromatic heterocycles. The molecule has 1 N–H and O–H groups in total. The van der Waals surface area contributed by atoms with Gasteiger partial charge in [0, 0.05) is 6.54 Å². The van der Waals surface area contributed by atoms with Crippen LogP contribution in [0.5, 0.6) is 0 Å². The van der Waals surface area contributed by atoms with Crippen LogP contribution >= 0.6 is 24.0 Å². The zero-order chi connectivity index (χ0) is 17.7. The number of halogens is 3. The third kappa shape index (κ3) is 4.64. The Kier molecular flexibility index (Phi) is 6.12. The van der Waals surface area contributed by atoms with Crippen LogP contribution in [0.3, 0.4) is 0 Å². The van der Waals surface area contributed by atoms with E-state index < -0.39 is 11.7 Å². The number of thiazole rings is 1. The minimum absolute atomic E-state index is 0.414. The van der Waals surface area contributed by atoms with Gasteiger partial charge in [0.25, 0.3) is 0 Å². The standard InChI is InChI=1S/C17H17F3N2S2/c1-3-12(10-23)9-21-15-11(2)22-16(24-15)13-5-4-6-14(8-7-13)17(18,19)20/h3-4,6-8,10,21,23H,1,5,9H2,2H3/b12-10+. The summed E-state index contributed by atoms with van der Waals surface area (Å²) < 4.78 is 38.3. The van der Waals surface area contributed by atoms with Crippen molar-refractivity contribution in [1.29, 1.82) is 0 Å². The van der Waals surface area contributed by atoms with Crippen molar-refractivity contribution in [3.05, 3.63) is 64.2 Å². The Labute approximate surface area is 148 Å². The Morgan fingerprint density at radius 3 is 2.83 bits per heavy atom. The van der Waals surface area contributed by atoms with E-state index in [1.54, 1.807) is 11.5 Å². The van der Waals surface area contributed by atoms with Gasteiger partial charge < -0.3 is 5.32 Å². The van der Waals surface area contributed by atoms with Crippen molar-refractivity contribution in [3.8, 4) is 0 Å². The fraction of sp³-hybridized carbons (Fsp3) is 0.235. The minimum Gasteiger partial charge on any atom is -0.371 e. The summed E-state index contributed by atoms with van der Waals surface area (Å²) in [4.78, 5) is 4.47. The highest BCUT2D eigenvalue weighted by Crippen LogP contribution is 2.34. The van der Waals surface area contributed by atoms with E-state index in [4.69, 9.17) is 0 Å². The molecular formula is C17H17F3N2S2. The molecule has 0 spiro atoms. The molecule has 7 heteroatoms. The van der Waals surface area contributed by atoms with E-state index in [-0.39, 0.29) is 0 Å². The molecule has 1 heterocycles. The smallest absolute Gasteiger partial charge is 0.371 e. The average molecular weight is 370 g/mol. The zero-order valence-corrected chi connectivity index (χ0v) is 14.7. The molecule has 2 rings (SSSR count). The molecule has 0 aromatic carbocycles. The van der Waals surface area contributed by atoms with Gasteiger partial charge in [-0.1, -0.05) is 42.2 Å². The van der Waals surface area contributed by atoms with E-state index in [2.05, 4.69) is 29.5 Å². The Hall–Kier alpha value is -1.73. The van der Waals surface area contributed by atoms with Crippen molar-refractivity contribution < 1.29 is 13.2 Å². The predicted octanol–water partition coefficient (Wildman–Crippen LogP) is 5.70. The Morgan fingerprint density at radius 2 is 2.21 bits per heavy atom. The summed E-state index contributed by atoms with van der Waals surface area (Å²) in [6, 6.07) is 0. The molecule has 0 unspecified atom stereocenters. The average Bonchev–Trinajstić information content (AvgIpc) is 2.75. The molecule has 0 saturated heterocycles. The van der Waals surface area contributed by atoms with Crippen LogP contribution in [0.4, 0.5) is 18.2 Å². The summed E-state index contributed by atoms with van der Waals surface area (Å²) in [5.74, 6) is 0. The summed E-state index contributed by atoms with van der Waals surface area (Å²) in [6.45, 7) is 6.13. The monoisotopic (exact) mass is 370 g/mol. The highest BCUT2D eigenvalue weighted by Gasteiger charge is 2.31. The maximum absolute atomic E-state index is 12.8. The summed E-state index contributed by atoms with van der Waals surface area (Å²) in [5.41, 5.74) is 1.85. The van der Waals surface area contributed by atoms with E-state index in [0.29, 0.717) is 18.0 Å². The van der Waals surface area contributed by atoms with Gasteiger partial charge in [0.15, 0.2) is 0 Å². The lowest BCUT2D eigenvalue weighted by molar-refractivity contribution is -0.0881. The highest BCUT2D eigenvalue weighted by molar-refractivity contribution is 7.83. The summed E-state index contributed by atoms with van der Waals surface area (Å²) in [7, 11) is 0. The third-order valence-corrected chi connectivity index (χ3v) is 4.90. The van der Waals surface area contributed by atoms with Gasteiger partial charge >= 0.3 is 6.18 Å². The maximum Gasteiger partial charge on any atom is 0.416 e. The number of nitrogens with zero attached hydrogens (tertiary/aromatic N) is 1. The first-order chi connectivity index (χ1) is 11.3. The van der Waals surface area contributed by atoms with Crippen LogP contribution in [0.1, 0.15) is 17.1 Å². The predicted molar refractivity (Wildman–Crippen MR) is 98.5 cm³/mol. The molecule has 0 radical (unpaired) electrons. The number of hydrogen-bond acceptors (Lipinski definition) is 4. The van der Waals surface area contributed by atoms with Gasteiger partial charge in [0.1, 0.15) is 10.0 Å². The van der Waals surface area contributed by atoms with Crippen molar-refractivity contribution in [3.63, 3.8) is 0 Å². The van der Waals surface area contributed by atoms with Gasteiger partial charge in [-0.2, -0.15) is 25.8 Å². The van der Waals surface area contributed by atoms with E-state index in [1.165, 1.54) is 23.5 Å². The van der Waals surface area contributed by atoms with E-state index in [1.807, 2.05) is 6.92 Å². The van der Waals surface area contributed by atoms with Crippen LogP contribution in [0.15, 0.2) is 53.5 Å². The molecule has 1 aliphatic carbocycles. The largest absolute Gasteiger partial charge is 0.416 e. The second kappa shape index (κ2) is 7.90. The lowest BCUT2D eigenvalue weighted by Gasteiger charge is -2.04. The number of alkyl halides is 3. The van der Waals surface area contributed by atoms with E-state index >= 15 is 0 Å². The van der Waals surface area contributed by atoms with Gasteiger partial charge in [0.2, 0.25) is 0 Å². The Morgan fingerprint density at radius 1 is 1.46 bits per heavy atom. The lowest BCUT2D eigenvalue weighted by Crippen LogP contribution is -2.09.